The molecule has 174 valence electrons. The van der Waals surface area contributed by atoms with E-state index in [9.17, 15) is 5.11 Å². The number of hydrogen-bond acceptors (Lipinski definition) is 4. The Kier molecular flexibility index (Phi) is 5.31. The van der Waals surface area contributed by atoms with Crippen LogP contribution in [0.1, 0.15) is 39.6 Å². The zero-order valence-electron chi connectivity index (χ0n) is 19.8. The maximum absolute atomic E-state index is 10.1. The molecular formula is C29H30N2O3. The molecule has 6 rings (SSSR count). The zero-order valence-corrected chi connectivity index (χ0v) is 19.8. The summed E-state index contributed by atoms with van der Waals surface area (Å²) in [5, 5.41) is 11.4. The fourth-order valence-electron chi connectivity index (χ4n) is 5.69. The van der Waals surface area contributed by atoms with Crippen molar-refractivity contribution in [3.63, 3.8) is 0 Å². The molecule has 4 aromatic rings. The summed E-state index contributed by atoms with van der Waals surface area (Å²) in [4.78, 5) is 2.55. The molecule has 0 saturated carbocycles. The number of methoxy groups -OCH3 is 1. The zero-order chi connectivity index (χ0) is 23.2. The first-order valence-electron chi connectivity index (χ1n) is 12.0. The summed E-state index contributed by atoms with van der Waals surface area (Å²) < 4.78 is 14.1. The Morgan fingerprint density at radius 2 is 1.85 bits per heavy atom. The van der Waals surface area contributed by atoms with Crippen molar-refractivity contribution in [2.24, 2.45) is 0 Å². The van der Waals surface area contributed by atoms with Crippen molar-refractivity contribution in [2.75, 3.05) is 13.7 Å². The van der Waals surface area contributed by atoms with Gasteiger partial charge in [-0.05, 0) is 60.2 Å². The van der Waals surface area contributed by atoms with Gasteiger partial charge in [-0.1, -0.05) is 48.0 Å². The van der Waals surface area contributed by atoms with Crippen LogP contribution in [-0.2, 0) is 32.7 Å². The van der Waals surface area contributed by atoms with E-state index < -0.39 is 0 Å². The number of ether oxygens (including phenoxy) is 2. The summed E-state index contributed by atoms with van der Waals surface area (Å²) in [7, 11) is 1.71. The van der Waals surface area contributed by atoms with E-state index in [-0.39, 0.29) is 6.73 Å². The smallest absolute Gasteiger partial charge is 0.162 e. The number of aryl methyl sites for hydroxylation is 1. The van der Waals surface area contributed by atoms with Crippen LogP contribution in [-0.4, -0.2) is 28.2 Å². The third-order valence-corrected chi connectivity index (χ3v) is 7.49. The van der Waals surface area contributed by atoms with Gasteiger partial charge < -0.3 is 19.1 Å². The molecule has 0 spiro atoms. The molecule has 1 unspecified atom stereocenters. The summed E-state index contributed by atoms with van der Waals surface area (Å²) in [5.41, 5.74) is 8.78. The number of aliphatic hydroxyl groups is 1. The van der Waals surface area contributed by atoms with Gasteiger partial charge >= 0.3 is 0 Å². The molecule has 0 aliphatic carbocycles. The van der Waals surface area contributed by atoms with Crippen LogP contribution < -0.4 is 9.47 Å². The van der Waals surface area contributed by atoms with Crippen molar-refractivity contribution in [2.45, 2.75) is 45.7 Å². The predicted octanol–water partition coefficient (Wildman–Crippen LogP) is 5.14. The molecule has 3 heterocycles. The number of rotatable bonds is 5. The van der Waals surface area contributed by atoms with Gasteiger partial charge in [0.15, 0.2) is 11.5 Å². The first-order valence-corrected chi connectivity index (χ1v) is 12.0. The number of para-hydroxylation sites is 1. The number of nitrogens with zero attached hydrogens (tertiary/aromatic N) is 2. The van der Waals surface area contributed by atoms with Gasteiger partial charge in [0.05, 0.1) is 12.6 Å². The summed E-state index contributed by atoms with van der Waals surface area (Å²) in [5.74, 6) is 1.60. The van der Waals surface area contributed by atoms with E-state index in [1.54, 1.807) is 7.11 Å². The number of benzene rings is 3. The maximum atomic E-state index is 10.1. The SMILES string of the molecule is COc1cc2c(cc1OCc1ccc(C)cc1)C1Cc3c(n(CO)c4ccccc34)CN1CC2. The first-order chi connectivity index (χ1) is 16.7. The molecule has 1 N–H and O–H groups in total. The lowest BCUT2D eigenvalue weighted by Gasteiger charge is -2.41. The first kappa shape index (κ1) is 21.3. The summed E-state index contributed by atoms with van der Waals surface area (Å²) >= 11 is 0. The normalized spacial score (nSPS) is 17.2. The molecule has 0 saturated heterocycles. The van der Waals surface area contributed by atoms with Crippen LogP contribution in [0.25, 0.3) is 10.9 Å². The average molecular weight is 455 g/mol. The van der Waals surface area contributed by atoms with E-state index in [1.807, 2.05) is 6.07 Å². The highest BCUT2D eigenvalue weighted by atomic mass is 16.5. The lowest BCUT2D eigenvalue weighted by atomic mass is 9.85. The fourth-order valence-corrected chi connectivity index (χ4v) is 5.69. The second-order valence-electron chi connectivity index (χ2n) is 9.43. The molecule has 0 bridgehead atoms. The van der Waals surface area contributed by atoms with Crippen molar-refractivity contribution >= 4 is 10.9 Å². The van der Waals surface area contributed by atoms with Gasteiger partial charge in [-0.25, -0.2) is 0 Å². The Balaban J connectivity index is 1.36. The topological polar surface area (TPSA) is 46.9 Å². The van der Waals surface area contributed by atoms with Crippen molar-refractivity contribution in [3.8, 4) is 11.5 Å². The Hall–Kier alpha value is -3.28. The summed E-state index contributed by atoms with van der Waals surface area (Å²) in [6, 6.07) is 21.6. The molecule has 5 heteroatoms. The second-order valence-corrected chi connectivity index (χ2v) is 9.43. The van der Waals surface area contributed by atoms with Crippen LogP contribution >= 0.6 is 0 Å². The number of aliphatic hydroxyl groups excluding tert-OH is 1. The van der Waals surface area contributed by atoms with Gasteiger partial charge in [-0.15, -0.1) is 0 Å². The Morgan fingerprint density at radius 3 is 2.65 bits per heavy atom. The van der Waals surface area contributed by atoms with E-state index in [0.717, 1.165) is 48.5 Å². The van der Waals surface area contributed by atoms with E-state index >= 15 is 0 Å². The van der Waals surface area contributed by atoms with Gasteiger partial charge in [0.25, 0.3) is 0 Å². The van der Waals surface area contributed by atoms with Crippen LogP contribution in [0, 0.1) is 6.92 Å². The minimum atomic E-state index is 0.0130. The van der Waals surface area contributed by atoms with Crippen LogP contribution in [0.2, 0.25) is 0 Å². The molecule has 1 atom stereocenters. The van der Waals surface area contributed by atoms with Crippen LogP contribution in [0.15, 0.2) is 60.7 Å². The van der Waals surface area contributed by atoms with Gasteiger partial charge in [0, 0.05) is 30.2 Å². The minimum Gasteiger partial charge on any atom is -0.493 e. The predicted molar refractivity (Wildman–Crippen MR) is 133 cm³/mol. The van der Waals surface area contributed by atoms with Crippen molar-refractivity contribution < 1.29 is 14.6 Å². The third kappa shape index (κ3) is 3.47. The van der Waals surface area contributed by atoms with Crippen LogP contribution in [0.5, 0.6) is 11.5 Å². The van der Waals surface area contributed by atoms with Gasteiger partial charge in [-0.3, -0.25) is 4.90 Å². The molecule has 0 fully saturated rings. The quantitative estimate of drug-likeness (QED) is 0.454. The lowest BCUT2D eigenvalue weighted by molar-refractivity contribution is 0.145. The Bertz CT molecular complexity index is 1360. The average Bonchev–Trinajstić information content (AvgIpc) is 3.19. The molecule has 0 radical (unpaired) electrons. The Morgan fingerprint density at radius 1 is 1.03 bits per heavy atom. The van der Waals surface area contributed by atoms with Crippen LogP contribution in [0.3, 0.4) is 0 Å². The largest absolute Gasteiger partial charge is 0.493 e. The minimum absolute atomic E-state index is 0.0130. The summed E-state index contributed by atoms with van der Waals surface area (Å²) in [6.45, 7) is 4.46. The van der Waals surface area contributed by atoms with E-state index in [1.165, 1.54) is 33.3 Å². The fraction of sp³-hybridized carbons (Fsp3) is 0.310. The molecule has 0 amide bonds. The van der Waals surface area contributed by atoms with Gasteiger partial charge in [-0.2, -0.15) is 0 Å². The van der Waals surface area contributed by atoms with Gasteiger partial charge in [0.1, 0.15) is 13.3 Å². The van der Waals surface area contributed by atoms with Crippen LogP contribution in [0.4, 0.5) is 0 Å². The lowest BCUT2D eigenvalue weighted by Crippen LogP contribution is -2.39. The monoisotopic (exact) mass is 454 g/mol. The van der Waals surface area contributed by atoms with Gasteiger partial charge in [0.2, 0.25) is 0 Å². The Labute approximate surface area is 200 Å². The van der Waals surface area contributed by atoms with Crippen molar-refractivity contribution in [3.05, 3.63) is 94.2 Å². The standard InChI is InChI=1S/C29H30N2O3/c1-19-7-9-20(10-8-19)17-34-29-15-23-21(13-28(29)33-2)11-12-30-16-27-24(14-26(23)30)22-5-3-4-6-25(22)31(27)18-32/h3-10,13,15,26,32H,11-12,14,16-18H2,1-2H3. The number of hydrogen-bond donors (Lipinski definition) is 1. The van der Waals surface area contributed by atoms with E-state index in [4.69, 9.17) is 9.47 Å². The highest BCUT2D eigenvalue weighted by Gasteiger charge is 2.35. The van der Waals surface area contributed by atoms with Crippen molar-refractivity contribution in [1.29, 1.82) is 0 Å². The highest BCUT2D eigenvalue weighted by molar-refractivity contribution is 5.86. The molecule has 2 aliphatic rings. The maximum Gasteiger partial charge on any atom is 0.162 e. The molecular weight excluding hydrogens is 424 g/mol. The summed E-state index contributed by atoms with van der Waals surface area (Å²) in [6.07, 6.45) is 1.91. The number of fused-ring (bicyclic) bond motifs is 6. The van der Waals surface area contributed by atoms with E-state index in [2.05, 4.69) is 71.0 Å². The van der Waals surface area contributed by atoms with E-state index in [0.29, 0.717) is 12.6 Å². The highest BCUT2D eigenvalue weighted by Crippen LogP contribution is 2.44. The second kappa shape index (κ2) is 8.49. The third-order valence-electron chi connectivity index (χ3n) is 7.49. The van der Waals surface area contributed by atoms with Crippen molar-refractivity contribution in [1.82, 2.24) is 9.47 Å². The molecule has 2 aliphatic heterocycles. The number of aromatic nitrogens is 1. The molecule has 34 heavy (non-hydrogen) atoms. The molecule has 1 aromatic heterocycles. The molecule has 5 nitrogen and oxygen atoms in total. The molecule has 3 aromatic carbocycles.